The fraction of sp³-hybridized carbons (Fsp3) is 0.286. The van der Waals surface area contributed by atoms with Crippen LogP contribution < -0.4 is 5.32 Å². The van der Waals surface area contributed by atoms with E-state index in [0.717, 1.165) is 47.0 Å². The van der Waals surface area contributed by atoms with Gasteiger partial charge in [0.05, 0.1) is 6.61 Å². The molecule has 0 spiro atoms. The molecule has 26 heavy (non-hydrogen) atoms. The summed E-state index contributed by atoms with van der Waals surface area (Å²) in [5.41, 5.74) is 3.09. The van der Waals surface area contributed by atoms with Crippen LogP contribution in [0.5, 0.6) is 0 Å². The van der Waals surface area contributed by atoms with E-state index in [4.69, 9.17) is 9.15 Å². The van der Waals surface area contributed by atoms with Crippen LogP contribution in [0.2, 0.25) is 0 Å². The van der Waals surface area contributed by atoms with Gasteiger partial charge in [-0.15, -0.1) is 0 Å². The van der Waals surface area contributed by atoms with E-state index in [2.05, 4.69) is 23.5 Å². The van der Waals surface area contributed by atoms with Gasteiger partial charge < -0.3 is 19.3 Å². The summed E-state index contributed by atoms with van der Waals surface area (Å²) in [6, 6.07) is 14.8. The van der Waals surface area contributed by atoms with Crippen molar-refractivity contribution in [3.63, 3.8) is 0 Å². The summed E-state index contributed by atoms with van der Waals surface area (Å²) >= 11 is 0. The molecular weight excluding hydrogens is 333 g/mol. The van der Waals surface area contributed by atoms with E-state index < -0.39 is 0 Å². The number of nitrogens with one attached hydrogen (secondary N) is 1. The van der Waals surface area contributed by atoms with Crippen molar-refractivity contribution in [1.29, 1.82) is 0 Å². The first-order chi connectivity index (χ1) is 12.7. The Hall–Kier alpha value is -2.50. The minimum Gasteiger partial charge on any atom is -0.461 e. The first-order valence-corrected chi connectivity index (χ1v) is 8.72. The van der Waals surface area contributed by atoms with Crippen LogP contribution in [0.25, 0.3) is 11.0 Å². The highest BCUT2D eigenvalue weighted by Crippen LogP contribution is 2.22. The predicted molar refractivity (Wildman–Crippen MR) is 98.6 cm³/mol. The van der Waals surface area contributed by atoms with Gasteiger partial charge in [0.25, 0.3) is 0 Å². The van der Waals surface area contributed by atoms with Gasteiger partial charge in [-0.1, -0.05) is 24.3 Å². The summed E-state index contributed by atoms with van der Waals surface area (Å²) < 4.78 is 24.0. The summed E-state index contributed by atoms with van der Waals surface area (Å²) in [6.07, 6.45) is 2.34. The number of carbonyl (C=O) groups is 1. The van der Waals surface area contributed by atoms with Crippen molar-refractivity contribution in [3.05, 3.63) is 71.2 Å². The smallest absolute Gasteiger partial charge is 0.145 e. The minimum absolute atomic E-state index is 0.140. The van der Waals surface area contributed by atoms with Crippen molar-refractivity contribution < 1.29 is 18.3 Å². The van der Waals surface area contributed by atoms with Crippen LogP contribution in [0, 0.1) is 5.82 Å². The molecule has 1 aromatic heterocycles. The number of benzene rings is 2. The zero-order chi connectivity index (χ0) is 18.2. The molecular formula is C21H22FNO3. The van der Waals surface area contributed by atoms with Crippen LogP contribution >= 0.6 is 0 Å². The van der Waals surface area contributed by atoms with Gasteiger partial charge >= 0.3 is 0 Å². The van der Waals surface area contributed by atoms with Gasteiger partial charge in [-0.05, 0) is 41.8 Å². The Kier molecular flexibility index (Phi) is 6.52. The van der Waals surface area contributed by atoms with E-state index in [9.17, 15) is 9.18 Å². The average Bonchev–Trinajstić information content (AvgIpc) is 3.06. The third kappa shape index (κ3) is 5.25. The monoisotopic (exact) mass is 355 g/mol. The van der Waals surface area contributed by atoms with Crippen molar-refractivity contribution in [2.75, 3.05) is 19.8 Å². The fourth-order valence-corrected chi connectivity index (χ4v) is 2.79. The van der Waals surface area contributed by atoms with Crippen LogP contribution in [0.4, 0.5) is 4.39 Å². The number of aldehydes is 1. The van der Waals surface area contributed by atoms with Gasteiger partial charge in [-0.25, -0.2) is 4.39 Å². The summed E-state index contributed by atoms with van der Waals surface area (Å²) in [5.74, 6) is 0.714. The van der Waals surface area contributed by atoms with Gasteiger partial charge in [-0.2, -0.15) is 0 Å². The molecule has 1 N–H and O–H groups in total. The summed E-state index contributed by atoms with van der Waals surface area (Å²) in [7, 11) is 0. The second-order valence-electron chi connectivity index (χ2n) is 6.13. The summed E-state index contributed by atoms with van der Waals surface area (Å²) in [6.45, 7) is 2.05. The molecule has 0 atom stereocenters. The van der Waals surface area contributed by atoms with E-state index in [1.807, 2.05) is 6.07 Å². The predicted octanol–water partition coefficient (Wildman–Crippen LogP) is 3.66. The summed E-state index contributed by atoms with van der Waals surface area (Å²) in [4.78, 5) is 10.2. The van der Waals surface area contributed by atoms with Crippen molar-refractivity contribution in [2.45, 2.75) is 19.4 Å². The molecule has 3 rings (SSSR count). The van der Waals surface area contributed by atoms with Gasteiger partial charge in [0, 0.05) is 24.9 Å². The lowest BCUT2D eigenvalue weighted by Crippen LogP contribution is -2.19. The lowest BCUT2D eigenvalue weighted by molar-refractivity contribution is -0.111. The maximum Gasteiger partial charge on any atom is 0.145 e. The number of furan rings is 1. The summed E-state index contributed by atoms with van der Waals surface area (Å²) in [5, 5.41) is 4.35. The molecule has 0 bridgehead atoms. The second-order valence-corrected chi connectivity index (χ2v) is 6.13. The van der Waals surface area contributed by atoms with Gasteiger partial charge in [0.15, 0.2) is 0 Å². The number of hydrogen-bond donors (Lipinski definition) is 1. The standard InChI is InChI=1S/C21H22FNO3/c22-19-6-2-16(3-7-19)4-8-20-14-18-5-1-17(13-21(18)26-20)15-23-9-11-25-12-10-24/h1-3,5-7,10,13-14,23H,4,8-9,11-12,15H2. The third-order valence-electron chi connectivity index (χ3n) is 4.15. The molecule has 2 aromatic carbocycles. The number of fused-ring (bicyclic) bond motifs is 1. The van der Waals surface area contributed by atoms with E-state index in [1.165, 1.54) is 12.1 Å². The number of carbonyl (C=O) groups excluding carboxylic acids is 1. The highest BCUT2D eigenvalue weighted by Gasteiger charge is 2.06. The number of hydrogen-bond acceptors (Lipinski definition) is 4. The maximum absolute atomic E-state index is 12.9. The van der Waals surface area contributed by atoms with E-state index >= 15 is 0 Å². The zero-order valence-corrected chi connectivity index (χ0v) is 14.5. The fourth-order valence-electron chi connectivity index (χ4n) is 2.79. The maximum atomic E-state index is 12.9. The number of halogens is 1. The number of ether oxygens (including phenoxy) is 1. The Morgan fingerprint density at radius 1 is 1.04 bits per heavy atom. The minimum atomic E-state index is -0.214. The van der Waals surface area contributed by atoms with Crippen molar-refractivity contribution >= 4 is 17.3 Å². The lowest BCUT2D eigenvalue weighted by Gasteiger charge is -2.04. The molecule has 0 unspecified atom stereocenters. The average molecular weight is 355 g/mol. The van der Waals surface area contributed by atoms with Crippen LogP contribution in [0.15, 0.2) is 52.9 Å². The molecule has 0 aliphatic carbocycles. The second kappa shape index (κ2) is 9.27. The molecule has 0 fully saturated rings. The molecule has 5 heteroatoms. The van der Waals surface area contributed by atoms with Gasteiger partial charge in [0.2, 0.25) is 0 Å². The Balaban J connectivity index is 1.53. The Labute approximate surface area is 152 Å². The normalized spacial score (nSPS) is 11.1. The number of aryl methyl sites for hydroxylation is 2. The van der Waals surface area contributed by atoms with Crippen LogP contribution in [-0.4, -0.2) is 26.0 Å². The highest BCUT2D eigenvalue weighted by molar-refractivity contribution is 5.78. The molecule has 4 nitrogen and oxygen atoms in total. The molecule has 1 heterocycles. The Morgan fingerprint density at radius 2 is 1.85 bits per heavy atom. The molecule has 0 aliphatic rings. The highest BCUT2D eigenvalue weighted by atomic mass is 19.1. The number of rotatable bonds is 10. The van der Waals surface area contributed by atoms with E-state index in [1.54, 1.807) is 12.1 Å². The van der Waals surface area contributed by atoms with Gasteiger partial charge in [-0.3, -0.25) is 0 Å². The van der Waals surface area contributed by atoms with E-state index in [0.29, 0.717) is 19.7 Å². The molecule has 0 saturated carbocycles. The van der Waals surface area contributed by atoms with Crippen LogP contribution in [0.3, 0.4) is 0 Å². The largest absolute Gasteiger partial charge is 0.461 e. The quantitative estimate of drug-likeness (QED) is 0.445. The first-order valence-electron chi connectivity index (χ1n) is 8.72. The van der Waals surface area contributed by atoms with Crippen molar-refractivity contribution in [3.8, 4) is 0 Å². The van der Waals surface area contributed by atoms with E-state index in [-0.39, 0.29) is 12.4 Å². The van der Waals surface area contributed by atoms with Crippen molar-refractivity contribution in [2.24, 2.45) is 0 Å². The lowest BCUT2D eigenvalue weighted by atomic mass is 10.1. The van der Waals surface area contributed by atoms with Crippen LogP contribution in [0.1, 0.15) is 16.9 Å². The zero-order valence-electron chi connectivity index (χ0n) is 14.5. The Bertz CT molecular complexity index is 842. The third-order valence-corrected chi connectivity index (χ3v) is 4.15. The molecule has 0 radical (unpaired) electrons. The molecule has 3 aromatic rings. The first kappa shape index (κ1) is 18.3. The van der Waals surface area contributed by atoms with Gasteiger partial charge in [0.1, 0.15) is 30.1 Å². The molecule has 0 saturated heterocycles. The molecule has 0 aliphatic heterocycles. The van der Waals surface area contributed by atoms with Crippen molar-refractivity contribution in [1.82, 2.24) is 5.32 Å². The topological polar surface area (TPSA) is 51.5 Å². The Morgan fingerprint density at radius 3 is 2.65 bits per heavy atom. The SMILES string of the molecule is O=CCOCCNCc1ccc2cc(CCc3ccc(F)cc3)oc2c1. The van der Waals surface area contributed by atoms with Crippen LogP contribution in [-0.2, 0) is 28.9 Å². The molecule has 136 valence electrons. The molecule has 0 amide bonds.